The molecule has 30 heavy (non-hydrogen) atoms. The minimum Gasteiger partial charge on any atom is -0.497 e. The molecule has 0 saturated carbocycles. The SMILES string of the molecule is CCn1c(SCC(=O)NN=Cc2cc(OC)ccc2OC)nnc1-c1ccccc1. The monoisotopic (exact) mass is 425 g/mol. The minimum absolute atomic E-state index is 0.166. The van der Waals surface area contributed by atoms with Gasteiger partial charge in [-0.3, -0.25) is 4.79 Å². The van der Waals surface area contributed by atoms with Gasteiger partial charge >= 0.3 is 0 Å². The topological polar surface area (TPSA) is 90.6 Å². The van der Waals surface area contributed by atoms with Crippen molar-refractivity contribution in [3.05, 3.63) is 54.1 Å². The smallest absolute Gasteiger partial charge is 0.250 e. The van der Waals surface area contributed by atoms with E-state index in [1.54, 1.807) is 32.4 Å². The van der Waals surface area contributed by atoms with E-state index in [9.17, 15) is 4.79 Å². The summed E-state index contributed by atoms with van der Waals surface area (Å²) in [6.45, 7) is 2.72. The van der Waals surface area contributed by atoms with E-state index in [1.807, 2.05) is 41.8 Å². The maximum atomic E-state index is 12.2. The second kappa shape index (κ2) is 10.4. The summed E-state index contributed by atoms with van der Waals surface area (Å²) in [6, 6.07) is 15.2. The van der Waals surface area contributed by atoms with Crippen LogP contribution >= 0.6 is 11.8 Å². The quantitative estimate of drug-likeness (QED) is 0.322. The number of nitrogens with zero attached hydrogens (tertiary/aromatic N) is 4. The van der Waals surface area contributed by atoms with Crippen LogP contribution in [0.2, 0.25) is 0 Å². The highest BCUT2D eigenvalue weighted by molar-refractivity contribution is 7.99. The number of nitrogens with one attached hydrogen (secondary N) is 1. The van der Waals surface area contributed by atoms with Crippen LogP contribution in [0, 0.1) is 0 Å². The highest BCUT2D eigenvalue weighted by atomic mass is 32.2. The number of methoxy groups -OCH3 is 2. The van der Waals surface area contributed by atoms with Crippen LogP contribution in [-0.2, 0) is 11.3 Å². The van der Waals surface area contributed by atoms with Crippen LogP contribution in [-0.4, -0.2) is 46.9 Å². The predicted octanol–water partition coefficient (Wildman–Crippen LogP) is 3.22. The fourth-order valence-corrected chi connectivity index (χ4v) is 3.55. The third-order valence-electron chi connectivity index (χ3n) is 4.23. The Morgan fingerprint density at radius 1 is 1.17 bits per heavy atom. The Bertz CT molecular complexity index is 1020. The normalized spacial score (nSPS) is 10.9. The zero-order chi connectivity index (χ0) is 21.3. The first-order valence-corrected chi connectivity index (χ1v) is 10.3. The number of thioether (sulfide) groups is 1. The summed E-state index contributed by atoms with van der Waals surface area (Å²) < 4.78 is 12.5. The van der Waals surface area contributed by atoms with Crippen LogP contribution in [0.5, 0.6) is 11.5 Å². The molecule has 1 aromatic heterocycles. The number of carbonyl (C=O) groups excluding carboxylic acids is 1. The van der Waals surface area contributed by atoms with Gasteiger partial charge in [0.15, 0.2) is 11.0 Å². The van der Waals surface area contributed by atoms with Crippen molar-refractivity contribution in [1.82, 2.24) is 20.2 Å². The number of rotatable bonds is 9. The molecule has 0 spiro atoms. The molecule has 0 bridgehead atoms. The molecule has 2 aromatic carbocycles. The van der Waals surface area contributed by atoms with Gasteiger partial charge in [0.2, 0.25) is 0 Å². The third-order valence-corrected chi connectivity index (χ3v) is 5.19. The number of hydrazone groups is 1. The summed E-state index contributed by atoms with van der Waals surface area (Å²) in [4.78, 5) is 12.2. The molecule has 0 saturated heterocycles. The van der Waals surface area contributed by atoms with Crippen molar-refractivity contribution in [3.8, 4) is 22.9 Å². The Labute approximate surface area is 179 Å². The highest BCUT2D eigenvalue weighted by Gasteiger charge is 2.14. The summed E-state index contributed by atoms with van der Waals surface area (Å²) in [5.74, 6) is 2.01. The fourth-order valence-electron chi connectivity index (χ4n) is 2.76. The molecule has 0 fully saturated rings. The van der Waals surface area contributed by atoms with Crippen molar-refractivity contribution >= 4 is 23.9 Å². The van der Waals surface area contributed by atoms with Crippen LogP contribution in [0.1, 0.15) is 12.5 Å². The number of benzene rings is 2. The predicted molar refractivity (Wildman–Crippen MR) is 117 cm³/mol. The lowest BCUT2D eigenvalue weighted by molar-refractivity contribution is -0.118. The molecule has 3 aromatic rings. The zero-order valence-corrected chi connectivity index (χ0v) is 17.8. The summed E-state index contributed by atoms with van der Waals surface area (Å²) in [7, 11) is 3.15. The first-order chi connectivity index (χ1) is 14.7. The summed E-state index contributed by atoms with van der Waals surface area (Å²) in [5.41, 5.74) is 4.21. The van der Waals surface area contributed by atoms with Gasteiger partial charge in [-0.05, 0) is 25.1 Å². The van der Waals surface area contributed by atoms with Gasteiger partial charge in [0, 0.05) is 17.7 Å². The number of aromatic nitrogens is 3. The number of amides is 1. The molecule has 1 N–H and O–H groups in total. The molecule has 9 heteroatoms. The second-order valence-corrected chi connectivity index (χ2v) is 7.05. The molecule has 0 aliphatic carbocycles. The summed E-state index contributed by atoms with van der Waals surface area (Å²) in [5, 5.41) is 13.2. The van der Waals surface area contributed by atoms with Crippen molar-refractivity contribution in [3.63, 3.8) is 0 Å². The fraction of sp³-hybridized carbons (Fsp3) is 0.238. The zero-order valence-electron chi connectivity index (χ0n) is 17.0. The first-order valence-electron chi connectivity index (χ1n) is 9.31. The summed E-state index contributed by atoms with van der Waals surface area (Å²) in [6.07, 6.45) is 1.52. The average molecular weight is 426 g/mol. The van der Waals surface area contributed by atoms with E-state index in [0.717, 1.165) is 11.4 Å². The Morgan fingerprint density at radius 3 is 2.67 bits per heavy atom. The van der Waals surface area contributed by atoms with Gasteiger partial charge in [0.25, 0.3) is 5.91 Å². The average Bonchev–Trinajstić information content (AvgIpc) is 3.21. The molecule has 1 amide bonds. The molecular weight excluding hydrogens is 402 g/mol. The lowest BCUT2D eigenvalue weighted by Gasteiger charge is -2.07. The number of carbonyl (C=O) groups is 1. The Kier molecular flexibility index (Phi) is 7.45. The Morgan fingerprint density at radius 2 is 1.97 bits per heavy atom. The Balaban J connectivity index is 1.60. The van der Waals surface area contributed by atoms with Gasteiger partial charge in [0.05, 0.1) is 26.2 Å². The maximum absolute atomic E-state index is 12.2. The van der Waals surface area contributed by atoms with Gasteiger partial charge in [0.1, 0.15) is 11.5 Å². The first kappa shape index (κ1) is 21.4. The highest BCUT2D eigenvalue weighted by Crippen LogP contribution is 2.24. The van der Waals surface area contributed by atoms with Crippen molar-refractivity contribution < 1.29 is 14.3 Å². The van der Waals surface area contributed by atoms with Crippen LogP contribution in [0.4, 0.5) is 0 Å². The van der Waals surface area contributed by atoms with Crippen LogP contribution in [0.3, 0.4) is 0 Å². The molecular formula is C21H23N5O3S. The summed E-state index contributed by atoms with van der Waals surface area (Å²) >= 11 is 1.31. The molecule has 0 atom stereocenters. The van der Waals surface area contributed by atoms with Crippen LogP contribution in [0.15, 0.2) is 58.8 Å². The number of hydrogen-bond donors (Lipinski definition) is 1. The standard InChI is InChI=1S/C21H23N5O3S/c1-4-26-20(15-8-6-5-7-9-15)24-25-21(26)30-14-19(27)23-22-13-16-12-17(28-2)10-11-18(16)29-3/h5-13H,4,14H2,1-3H3,(H,23,27). The van der Waals surface area contributed by atoms with Crippen LogP contribution in [0.25, 0.3) is 11.4 Å². The largest absolute Gasteiger partial charge is 0.497 e. The molecule has 0 radical (unpaired) electrons. The van der Waals surface area contributed by atoms with E-state index in [2.05, 4.69) is 20.7 Å². The van der Waals surface area contributed by atoms with E-state index >= 15 is 0 Å². The molecule has 156 valence electrons. The van der Waals surface area contributed by atoms with Crippen molar-refractivity contribution in [2.75, 3.05) is 20.0 Å². The molecule has 1 heterocycles. The van der Waals surface area contributed by atoms with E-state index in [4.69, 9.17) is 9.47 Å². The lowest BCUT2D eigenvalue weighted by Crippen LogP contribution is -2.20. The number of hydrogen-bond acceptors (Lipinski definition) is 7. The van der Waals surface area contributed by atoms with E-state index in [1.165, 1.54) is 18.0 Å². The molecule has 0 unspecified atom stereocenters. The number of ether oxygens (including phenoxy) is 2. The van der Waals surface area contributed by atoms with Gasteiger partial charge < -0.3 is 14.0 Å². The van der Waals surface area contributed by atoms with Gasteiger partial charge in [-0.1, -0.05) is 42.1 Å². The van der Waals surface area contributed by atoms with Crippen molar-refractivity contribution in [2.45, 2.75) is 18.6 Å². The van der Waals surface area contributed by atoms with Crippen LogP contribution < -0.4 is 14.9 Å². The lowest BCUT2D eigenvalue weighted by atomic mass is 10.2. The molecule has 8 nitrogen and oxygen atoms in total. The molecule has 0 aliphatic rings. The Hall–Kier alpha value is -3.33. The van der Waals surface area contributed by atoms with Gasteiger partial charge in [-0.25, -0.2) is 5.43 Å². The van der Waals surface area contributed by atoms with E-state index in [0.29, 0.717) is 28.8 Å². The maximum Gasteiger partial charge on any atom is 0.250 e. The van der Waals surface area contributed by atoms with Gasteiger partial charge in [-0.2, -0.15) is 5.10 Å². The van der Waals surface area contributed by atoms with Crippen molar-refractivity contribution in [1.29, 1.82) is 0 Å². The van der Waals surface area contributed by atoms with E-state index in [-0.39, 0.29) is 11.7 Å². The molecule has 3 rings (SSSR count). The van der Waals surface area contributed by atoms with Crippen molar-refractivity contribution in [2.24, 2.45) is 5.10 Å². The van der Waals surface area contributed by atoms with E-state index < -0.39 is 0 Å². The van der Waals surface area contributed by atoms with Gasteiger partial charge in [-0.15, -0.1) is 10.2 Å². The third kappa shape index (κ3) is 5.18. The second-order valence-electron chi connectivity index (χ2n) is 6.11. The molecule has 0 aliphatic heterocycles. The minimum atomic E-state index is -0.245.